The summed E-state index contributed by atoms with van der Waals surface area (Å²) >= 11 is 0. The quantitative estimate of drug-likeness (QED) is 0.107. The van der Waals surface area contributed by atoms with E-state index in [1.807, 2.05) is 18.2 Å². The van der Waals surface area contributed by atoms with E-state index in [-0.39, 0.29) is 11.8 Å². The summed E-state index contributed by atoms with van der Waals surface area (Å²) in [5.41, 5.74) is 7.31. The van der Waals surface area contributed by atoms with E-state index in [1.165, 1.54) is 76.2 Å². The van der Waals surface area contributed by atoms with Crippen LogP contribution in [0, 0.1) is 29.6 Å². The van der Waals surface area contributed by atoms with Crippen LogP contribution in [0.4, 0.5) is 0 Å². The molecular weight excluding hydrogens is 482 g/mol. The van der Waals surface area contributed by atoms with E-state index in [9.17, 15) is 15.0 Å². The summed E-state index contributed by atoms with van der Waals surface area (Å²) in [6, 6.07) is 10.3. The van der Waals surface area contributed by atoms with E-state index >= 15 is 0 Å². The first-order valence-corrected chi connectivity index (χ1v) is 16.3. The molecule has 1 aliphatic rings. The molecule has 0 unspecified atom stereocenters. The van der Waals surface area contributed by atoms with Crippen LogP contribution in [0.1, 0.15) is 122 Å². The van der Waals surface area contributed by atoms with Crippen molar-refractivity contribution in [3.05, 3.63) is 48.0 Å². The van der Waals surface area contributed by atoms with Crippen molar-refractivity contribution in [1.82, 2.24) is 0 Å². The number of unbranched alkanes of at least 4 members (excludes halogenated alkanes) is 2. The molecule has 4 heteroatoms. The molecule has 1 aromatic rings. The van der Waals surface area contributed by atoms with Gasteiger partial charge in [0.2, 0.25) is 0 Å². The standard InChI is InChI=1S/C35H59NO3/c1-3-4-8-15-30(19-12-6-11-18-29-16-9-5-10-17-29)22-24-32(26-27-36)33(34(28(2)37)35(38)39)25-23-31-20-13-7-14-21-31/h6-7,12-14,20-21,28-30,32-34,37H,3-5,8-11,15-19,22-27,36H2,1-2H3,(H,38,39)/t28-,30-,32+,33-,34+/m0/s1. The highest BCUT2D eigenvalue weighted by Gasteiger charge is 2.37. The van der Waals surface area contributed by atoms with Crippen LogP contribution in [0.25, 0.3) is 0 Å². The lowest BCUT2D eigenvalue weighted by atomic mass is 9.71. The third-order valence-corrected chi connectivity index (χ3v) is 9.28. The maximum absolute atomic E-state index is 12.3. The Morgan fingerprint density at radius 2 is 1.74 bits per heavy atom. The largest absolute Gasteiger partial charge is 0.481 e. The number of aryl methyl sites for hydroxylation is 1. The number of hydrogen-bond acceptors (Lipinski definition) is 3. The van der Waals surface area contributed by atoms with Gasteiger partial charge in [0.15, 0.2) is 0 Å². The SMILES string of the molecule is CCCCC[C@@H](CC=CCCC1CCCCC1)CC[C@H](CCN)[C@H](CCc1ccccc1)[C@H](C(=O)O)[C@H](C)O. The number of nitrogens with two attached hydrogens (primary N) is 1. The van der Waals surface area contributed by atoms with Crippen LogP contribution in [0.15, 0.2) is 42.5 Å². The Morgan fingerprint density at radius 1 is 1.00 bits per heavy atom. The average molecular weight is 542 g/mol. The highest BCUT2D eigenvalue weighted by molar-refractivity contribution is 5.71. The third kappa shape index (κ3) is 13.5. The van der Waals surface area contributed by atoms with Crippen LogP contribution in [0.5, 0.6) is 0 Å². The van der Waals surface area contributed by atoms with Gasteiger partial charge in [-0.15, -0.1) is 0 Å². The summed E-state index contributed by atoms with van der Waals surface area (Å²) in [4.78, 5) is 12.3. The van der Waals surface area contributed by atoms with Crippen molar-refractivity contribution < 1.29 is 15.0 Å². The Balaban J connectivity index is 2.04. The van der Waals surface area contributed by atoms with Gasteiger partial charge >= 0.3 is 5.97 Å². The predicted octanol–water partition coefficient (Wildman–Crippen LogP) is 8.57. The Labute approximate surface area is 239 Å². The molecule has 4 N–H and O–H groups in total. The molecule has 1 aliphatic carbocycles. The van der Waals surface area contributed by atoms with Gasteiger partial charge in [-0.2, -0.15) is 0 Å². The fourth-order valence-electron chi connectivity index (χ4n) is 6.95. The third-order valence-electron chi connectivity index (χ3n) is 9.28. The van der Waals surface area contributed by atoms with Gasteiger partial charge in [0.25, 0.3) is 0 Å². The number of carboxylic acids is 1. The number of aliphatic carboxylic acids is 1. The minimum absolute atomic E-state index is 0.0893. The van der Waals surface area contributed by atoms with Crippen LogP contribution < -0.4 is 5.73 Å². The van der Waals surface area contributed by atoms with Gasteiger partial charge in [0.05, 0.1) is 12.0 Å². The Hall–Kier alpha value is -1.65. The second kappa shape index (κ2) is 20.3. The lowest BCUT2D eigenvalue weighted by molar-refractivity contribution is -0.149. The molecule has 2 rings (SSSR count). The summed E-state index contributed by atoms with van der Waals surface area (Å²) < 4.78 is 0. The van der Waals surface area contributed by atoms with Crippen molar-refractivity contribution >= 4 is 5.97 Å². The number of carbonyl (C=O) groups is 1. The molecule has 1 saturated carbocycles. The summed E-state index contributed by atoms with van der Waals surface area (Å²) in [7, 11) is 0. The molecule has 222 valence electrons. The topological polar surface area (TPSA) is 83.6 Å². The molecule has 0 aliphatic heterocycles. The van der Waals surface area contributed by atoms with Crippen LogP contribution in [-0.4, -0.2) is 28.8 Å². The zero-order valence-electron chi connectivity index (χ0n) is 25.1. The lowest BCUT2D eigenvalue weighted by Crippen LogP contribution is -2.38. The van der Waals surface area contributed by atoms with Gasteiger partial charge in [0.1, 0.15) is 0 Å². The monoisotopic (exact) mass is 541 g/mol. The van der Waals surface area contributed by atoms with Crippen molar-refractivity contribution in [2.24, 2.45) is 35.3 Å². The minimum atomic E-state index is -0.884. The van der Waals surface area contributed by atoms with Crippen molar-refractivity contribution in [1.29, 1.82) is 0 Å². The molecule has 0 amide bonds. The smallest absolute Gasteiger partial charge is 0.309 e. The van der Waals surface area contributed by atoms with E-state index in [4.69, 9.17) is 5.73 Å². The van der Waals surface area contributed by atoms with E-state index in [0.29, 0.717) is 12.5 Å². The summed E-state index contributed by atoms with van der Waals surface area (Å²) in [5, 5.41) is 20.6. The lowest BCUT2D eigenvalue weighted by Gasteiger charge is -2.34. The Kier molecular flexibility index (Phi) is 17.4. The fraction of sp³-hybridized carbons (Fsp3) is 0.743. The molecule has 0 aromatic heterocycles. The molecule has 0 heterocycles. The Bertz CT molecular complexity index is 771. The summed E-state index contributed by atoms with van der Waals surface area (Å²) in [6.07, 6.45) is 24.3. The van der Waals surface area contributed by atoms with Gasteiger partial charge in [0, 0.05) is 0 Å². The maximum Gasteiger partial charge on any atom is 0.309 e. The van der Waals surface area contributed by atoms with E-state index < -0.39 is 18.0 Å². The van der Waals surface area contributed by atoms with Gasteiger partial charge in [-0.25, -0.2) is 0 Å². The van der Waals surface area contributed by atoms with Crippen molar-refractivity contribution in [3.63, 3.8) is 0 Å². The van der Waals surface area contributed by atoms with Crippen LogP contribution in [0.3, 0.4) is 0 Å². The number of aliphatic hydroxyl groups is 1. The zero-order valence-corrected chi connectivity index (χ0v) is 25.1. The number of allylic oxidation sites excluding steroid dienone is 2. The number of hydrogen-bond donors (Lipinski definition) is 3. The zero-order chi connectivity index (χ0) is 28.3. The maximum atomic E-state index is 12.3. The first kappa shape index (κ1) is 33.6. The first-order valence-electron chi connectivity index (χ1n) is 16.3. The molecule has 1 fully saturated rings. The Morgan fingerprint density at radius 3 is 2.38 bits per heavy atom. The van der Waals surface area contributed by atoms with E-state index in [0.717, 1.165) is 44.4 Å². The number of rotatable bonds is 21. The minimum Gasteiger partial charge on any atom is -0.481 e. The fourth-order valence-corrected chi connectivity index (χ4v) is 6.95. The van der Waals surface area contributed by atoms with Gasteiger partial charge in [-0.1, -0.05) is 107 Å². The normalized spacial score (nSPS) is 18.6. The molecule has 4 nitrogen and oxygen atoms in total. The van der Waals surface area contributed by atoms with Crippen molar-refractivity contribution in [2.75, 3.05) is 6.54 Å². The van der Waals surface area contributed by atoms with E-state index in [2.05, 4.69) is 31.2 Å². The molecular formula is C35H59NO3. The second-order valence-electron chi connectivity index (χ2n) is 12.4. The first-order chi connectivity index (χ1) is 19.0. The van der Waals surface area contributed by atoms with Gasteiger partial charge in [-0.05, 0) is 94.1 Å². The molecule has 0 saturated heterocycles. The predicted molar refractivity (Wildman–Crippen MR) is 165 cm³/mol. The number of carboxylic acid groups (broad SMARTS) is 1. The molecule has 0 radical (unpaired) electrons. The van der Waals surface area contributed by atoms with Gasteiger partial charge in [-0.3, -0.25) is 4.79 Å². The highest BCUT2D eigenvalue weighted by atomic mass is 16.4. The van der Waals surface area contributed by atoms with Crippen molar-refractivity contribution in [3.8, 4) is 0 Å². The highest BCUT2D eigenvalue weighted by Crippen LogP contribution is 2.36. The molecule has 0 spiro atoms. The average Bonchev–Trinajstić information content (AvgIpc) is 2.93. The molecule has 0 bridgehead atoms. The van der Waals surface area contributed by atoms with Gasteiger partial charge < -0.3 is 15.9 Å². The van der Waals surface area contributed by atoms with E-state index in [1.54, 1.807) is 6.92 Å². The molecule has 39 heavy (non-hydrogen) atoms. The summed E-state index contributed by atoms with van der Waals surface area (Å²) in [6.45, 7) is 4.45. The van der Waals surface area contributed by atoms with Crippen molar-refractivity contribution in [2.45, 2.75) is 129 Å². The summed E-state index contributed by atoms with van der Waals surface area (Å²) in [5.74, 6) is 0.0398. The molecule has 1 aromatic carbocycles. The number of aliphatic hydroxyl groups excluding tert-OH is 1. The molecule has 5 atom stereocenters. The second-order valence-corrected chi connectivity index (χ2v) is 12.4. The van der Waals surface area contributed by atoms with Crippen LogP contribution in [0.2, 0.25) is 0 Å². The number of benzene rings is 1. The van der Waals surface area contributed by atoms with Crippen LogP contribution in [-0.2, 0) is 11.2 Å². The van der Waals surface area contributed by atoms with Crippen LogP contribution >= 0.6 is 0 Å².